The average Bonchev–Trinajstić information content (AvgIpc) is 2.67. The molecule has 112 valence electrons. The van der Waals surface area contributed by atoms with Gasteiger partial charge in [0.05, 0.1) is 10.1 Å². The molecule has 0 radical (unpaired) electrons. The molecule has 0 aliphatic heterocycles. The Kier molecular flexibility index (Phi) is 4.86. The molecule has 2 unspecified atom stereocenters. The fourth-order valence-corrected chi connectivity index (χ4v) is 5.27. The number of nitrogens with two attached hydrogens (primary N) is 1. The molecule has 1 aliphatic rings. The Morgan fingerprint density at radius 2 is 1.80 bits per heavy atom. The van der Waals surface area contributed by atoms with E-state index in [-0.39, 0.29) is 11.2 Å². The molecule has 4 heteroatoms. The van der Waals surface area contributed by atoms with Gasteiger partial charge in [-0.15, -0.1) is 0 Å². The molecule has 0 spiro atoms. The van der Waals surface area contributed by atoms with Crippen molar-refractivity contribution >= 4 is 9.84 Å². The van der Waals surface area contributed by atoms with Gasteiger partial charge in [-0.2, -0.15) is 0 Å². The van der Waals surface area contributed by atoms with Gasteiger partial charge >= 0.3 is 0 Å². The molecule has 2 N–H and O–H groups in total. The molecule has 1 saturated carbocycles. The first-order valence-electron chi connectivity index (χ1n) is 7.48. The number of hydrogen-bond donors (Lipinski definition) is 1. The van der Waals surface area contributed by atoms with Crippen molar-refractivity contribution in [3.63, 3.8) is 0 Å². The van der Waals surface area contributed by atoms with Crippen LogP contribution in [0.25, 0.3) is 0 Å². The Morgan fingerprint density at radius 3 is 2.45 bits per heavy atom. The number of benzene rings is 1. The molecular formula is C16H25NO2S. The summed E-state index contributed by atoms with van der Waals surface area (Å²) in [6.07, 6.45) is 4.89. The van der Waals surface area contributed by atoms with Gasteiger partial charge in [-0.1, -0.05) is 25.3 Å². The summed E-state index contributed by atoms with van der Waals surface area (Å²) in [7, 11) is -3.27. The summed E-state index contributed by atoms with van der Waals surface area (Å²) in [5.41, 5.74) is 7.98. The third-order valence-corrected chi connectivity index (χ3v) is 6.93. The van der Waals surface area contributed by atoms with Crippen LogP contribution < -0.4 is 5.73 Å². The lowest BCUT2D eigenvalue weighted by molar-refractivity contribution is 0.456. The SMILES string of the molecule is Cc1ccc(S(=O)(=O)C2CCCCCC2CN)cc1C. The fourth-order valence-electron chi connectivity index (χ4n) is 3.09. The average molecular weight is 295 g/mol. The summed E-state index contributed by atoms with van der Waals surface area (Å²) in [6, 6.07) is 5.45. The first-order chi connectivity index (χ1) is 9.46. The summed E-state index contributed by atoms with van der Waals surface area (Å²) >= 11 is 0. The molecule has 1 fully saturated rings. The number of hydrogen-bond acceptors (Lipinski definition) is 3. The van der Waals surface area contributed by atoms with Crippen molar-refractivity contribution in [2.45, 2.75) is 56.1 Å². The Morgan fingerprint density at radius 1 is 1.10 bits per heavy atom. The number of rotatable bonds is 3. The van der Waals surface area contributed by atoms with Crippen molar-refractivity contribution in [1.29, 1.82) is 0 Å². The van der Waals surface area contributed by atoms with Crippen LogP contribution in [0.1, 0.15) is 43.2 Å². The van der Waals surface area contributed by atoms with E-state index in [1.165, 1.54) is 0 Å². The van der Waals surface area contributed by atoms with Crippen LogP contribution in [0.3, 0.4) is 0 Å². The molecule has 1 aromatic rings. The lowest BCUT2D eigenvalue weighted by Crippen LogP contribution is -2.34. The maximum atomic E-state index is 12.9. The first-order valence-corrected chi connectivity index (χ1v) is 9.02. The first kappa shape index (κ1) is 15.5. The van der Waals surface area contributed by atoms with E-state index in [1.807, 2.05) is 26.0 Å². The van der Waals surface area contributed by atoms with Crippen molar-refractivity contribution in [1.82, 2.24) is 0 Å². The van der Waals surface area contributed by atoms with Gasteiger partial charge in [0.15, 0.2) is 9.84 Å². The second kappa shape index (κ2) is 6.27. The molecule has 20 heavy (non-hydrogen) atoms. The van der Waals surface area contributed by atoms with Crippen LogP contribution in [0.5, 0.6) is 0 Å². The highest BCUT2D eigenvalue weighted by molar-refractivity contribution is 7.92. The zero-order chi connectivity index (χ0) is 14.8. The molecule has 2 atom stereocenters. The Labute approximate surface area is 122 Å². The molecule has 0 saturated heterocycles. The van der Waals surface area contributed by atoms with Gasteiger partial charge in [-0.3, -0.25) is 0 Å². The predicted molar refractivity (Wildman–Crippen MR) is 82.5 cm³/mol. The monoisotopic (exact) mass is 295 g/mol. The lowest BCUT2D eigenvalue weighted by Gasteiger charge is -2.24. The highest BCUT2D eigenvalue weighted by Crippen LogP contribution is 2.32. The van der Waals surface area contributed by atoms with Crippen molar-refractivity contribution in [3.05, 3.63) is 29.3 Å². The van der Waals surface area contributed by atoms with Gasteiger partial charge in [0, 0.05) is 0 Å². The zero-order valence-electron chi connectivity index (χ0n) is 12.4. The van der Waals surface area contributed by atoms with Gasteiger partial charge in [0.1, 0.15) is 0 Å². The van der Waals surface area contributed by atoms with Crippen LogP contribution in [0.2, 0.25) is 0 Å². The maximum Gasteiger partial charge on any atom is 0.181 e. The summed E-state index contributed by atoms with van der Waals surface area (Å²) in [6.45, 7) is 4.43. The Bertz CT molecular complexity index is 566. The van der Waals surface area contributed by atoms with E-state index in [0.29, 0.717) is 11.4 Å². The van der Waals surface area contributed by atoms with Crippen LogP contribution in [0.15, 0.2) is 23.1 Å². The lowest BCUT2D eigenvalue weighted by atomic mass is 10.0. The van der Waals surface area contributed by atoms with E-state index in [4.69, 9.17) is 5.73 Å². The minimum atomic E-state index is -3.27. The van der Waals surface area contributed by atoms with Crippen molar-refractivity contribution in [2.75, 3.05) is 6.54 Å². The summed E-state index contributed by atoms with van der Waals surface area (Å²) < 4.78 is 25.8. The molecule has 3 nitrogen and oxygen atoms in total. The van der Waals surface area contributed by atoms with E-state index in [2.05, 4.69) is 0 Å². The van der Waals surface area contributed by atoms with Gasteiger partial charge in [-0.25, -0.2) is 8.42 Å². The van der Waals surface area contributed by atoms with Crippen LogP contribution >= 0.6 is 0 Å². The molecule has 1 aromatic carbocycles. The van der Waals surface area contributed by atoms with E-state index < -0.39 is 9.84 Å². The van der Waals surface area contributed by atoms with Crippen LogP contribution in [0.4, 0.5) is 0 Å². The third-order valence-electron chi connectivity index (χ3n) is 4.60. The topological polar surface area (TPSA) is 60.2 Å². The minimum absolute atomic E-state index is 0.101. The van der Waals surface area contributed by atoms with Crippen molar-refractivity contribution in [3.8, 4) is 0 Å². The Balaban J connectivity index is 2.38. The maximum absolute atomic E-state index is 12.9. The van der Waals surface area contributed by atoms with Gasteiger partial charge in [0.2, 0.25) is 0 Å². The predicted octanol–water partition coefficient (Wildman–Crippen LogP) is 2.98. The van der Waals surface area contributed by atoms with Crippen molar-refractivity contribution in [2.24, 2.45) is 11.7 Å². The van der Waals surface area contributed by atoms with E-state index >= 15 is 0 Å². The zero-order valence-corrected chi connectivity index (χ0v) is 13.2. The van der Waals surface area contributed by atoms with Crippen molar-refractivity contribution < 1.29 is 8.42 Å². The van der Waals surface area contributed by atoms with E-state index in [1.54, 1.807) is 6.07 Å². The second-order valence-corrected chi connectivity index (χ2v) is 8.13. The highest BCUT2D eigenvalue weighted by atomic mass is 32.2. The fraction of sp³-hybridized carbons (Fsp3) is 0.625. The summed E-state index contributed by atoms with van der Waals surface area (Å²) in [4.78, 5) is 0.464. The number of sulfone groups is 1. The number of aryl methyl sites for hydroxylation is 2. The Hall–Kier alpha value is -0.870. The smallest absolute Gasteiger partial charge is 0.181 e. The summed E-state index contributed by atoms with van der Waals surface area (Å²) in [5, 5.41) is -0.308. The molecule has 0 heterocycles. The minimum Gasteiger partial charge on any atom is -0.330 e. The molecule has 0 bridgehead atoms. The quantitative estimate of drug-likeness (QED) is 0.872. The highest BCUT2D eigenvalue weighted by Gasteiger charge is 2.34. The van der Waals surface area contributed by atoms with E-state index in [9.17, 15) is 8.42 Å². The third kappa shape index (κ3) is 3.07. The summed E-state index contributed by atoms with van der Waals surface area (Å²) in [5.74, 6) is 0.101. The van der Waals surface area contributed by atoms with Gasteiger partial charge < -0.3 is 5.73 Å². The van der Waals surface area contributed by atoms with E-state index in [0.717, 1.165) is 43.2 Å². The molecule has 0 aromatic heterocycles. The molecular weight excluding hydrogens is 270 g/mol. The van der Waals surface area contributed by atoms with Gasteiger partial charge in [-0.05, 0) is 62.4 Å². The standard InChI is InChI=1S/C16H25NO2S/c1-12-8-9-15(10-13(12)2)20(18,19)16-7-5-3-4-6-14(16)11-17/h8-10,14,16H,3-7,11,17H2,1-2H3. The second-order valence-electron chi connectivity index (χ2n) is 5.96. The largest absolute Gasteiger partial charge is 0.330 e. The van der Waals surface area contributed by atoms with Gasteiger partial charge in [0.25, 0.3) is 0 Å². The molecule has 2 rings (SSSR count). The molecule has 0 amide bonds. The normalized spacial score (nSPS) is 24.4. The van der Waals surface area contributed by atoms with Crippen LogP contribution in [-0.2, 0) is 9.84 Å². The van der Waals surface area contributed by atoms with Crippen LogP contribution in [-0.4, -0.2) is 20.2 Å². The molecule has 1 aliphatic carbocycles. The van der Waals surface area contributed by atoms with Crippen LogP contribution in [0, 0.1) is 19.8 Å².